The van der Waals surface area contributed by atoms with Crippen LogP contribution < -0.4 is 0 Å². The Balaban J connectivity index is 1.92. The van der Waals surface area contributed by atoms with E-state index < -0.39 is 0 Å². The molecule has 0 N–H and O–H groups in total. The van der Waals surface area contributed by atoms with E-state index in [9.17, 15) is 0 Å². The summed E-state index contributed by atoms with van der Waals surface area (Å²) in [5.74, 6) is 1.17. The highest BCUT2D eigenvalue weighted by atomic mass is 127. The van der Waals surface area contributed by atoms with Crippen molar-refractivity contribution in [2.45, 2.75) is 39.2 Å². The molecule has 0 bridgehead atoms. The van der Waals surface area contributed by atoms with Gasteiger partial charge in [-0.3, -0.25) is 0 Å². The van der Waals surface area contributed by atoms with Gasteiger partial charge in [-0.1, -0.05) is 12.1 Å². The molecule has 0 fully saturated rings. The molecule has 94 valence electrons. The van der Waals surface area contributed by atoms with Crippen molar-refractivity contribution in [1.29, 1.82) is 0 Å². The number of aryl methyl sites for hydroxylation is 2. The molecule has 1 aliphatic rings. The molecule has 0 saturated carbocycles. The van der Waals surface area contributed by atoms with E-state index in [1.165, 1.54) is 45.6 Å². The van der Waals surface area contributed by atoms with Crippen LogP contribution in [-0.2, 0) is 19.4 Å². The molecule has 2 nitrogen and oxygen atoms in total. The monoisotopic (exact) mass is 352 g/mol. The molecule has 0 aliphatic heterocycles. The Hall–Kier alpha value is -0.840. The molecule has 0 spiro atoms. The summed E-state index contributed by atoms with van der Waals surface area (Å²) < 4.78 is 3.69. The van der Waals surface area contributed by atoms with E-state index in [2.05, 4.69) is 58.3 Å². The minimum atomic E-state index is 0.963. The van der Waals surface area contributed by atoms with Crippen molar-refractivity contribution in [3.63, 3.8) is 0 Å². The maximum Gasteiger partial charge on any atom is 0.106 e. The second kappa shape index (κ2) is 5.03. The number of aromatic nitrogens is 2. The lowest BCUT2D eigenvalue weighted by molar-refractivity contribution is 0.624. The molecule has 3 heteroatoms. The van der Waals surface area contributed by atoms with Crippen molar-refractivity contribution < 1.29 is 0 Å². The molecule has 1 heterocycles. The predicted octanol–water partition coefficient (Wildman–Crippen LogP) is 3.72. The highest BCUT2D eigenvalue weighted by Gasteiger charge is 2.17. The lowest BCUT2D eigenvalue weighted by Gasteiger charge is -2.15. The fraction of sp³-hybridized carbons (Fsp3) is 0.400. The van der Waals surface area contributed by atoms with E-state index in [1.807, 2.05) is 0 Å². The average molecular weight is 352 g/mol. The van der Waals surface area contributed by atoms with Crippen LogP contribution >= 0.6 is 22.6 Å². The summed E-state index contributed by atoms with van der Waals surface area (Å²) in [6.45, 7) is 3.09. The van der Waals surface area contributed by atoms with Gasteiger partial charge in [0.2, 0.25) is 0 Å². The quantitative estimate of drug-likeness (QED) is 0.754. The second-order valence-corrected chi connectivity index (χ2v) is 6.22. The number of hydrogen-bond donors (Lipinski definition) is 0. The summed E-state index contributed by atoms with van der Waals surface area (Å²) in [6, 6.07) is 8.79. The van der Waals surface area contributed by atoms with Gasteiger partial charge < -0.3 is 4.57 Å². The molecule has 3 rings (SSSR count). The third-order valence-electron chi connectivity index (χ3n) is 3.68. The van der Waals surface area contributed by atoms with Crippen LogP contribution in [0.15, 0.2) is 24.3 Å². The first kappa shape index (κ1) is 12.2. The predicted molar refractivity (Wildman–Crippen MR) is 81.9 cm³/mol. The third kappa shape index (κ3) is 2.32. The van der Waals surface area contributed by atoms with Gasteiger partial charge in [0.1, 0.15) is 5.82 Å². The summed E-state index contributed by atoms with van der Waals surface area (Å²) in [6.07, 6.45) is 4.97. The maximum absolute atomic E-state index is 4.73. The lowest BCUT2D eigenvalue weighted by Crippen LogP contribution is -2.10. The zero-order chi connectivity index (χ0) is 12.5. The SMILES string of the molecule is Cc1nc2c(n1Cc1ccc(I)cc1)CCCC2. The number of fused-ring (bicyclic) bond motifs is 1. The number of nitrogens with zero attached hydrogens (tertiary/aromatic N) is 2. The zero-order valence-corrected chi connectivity index (χ0v) is 12.8. The summed E-state index contributed by atoms with van der Waals surface area (Å²) in [5, 5.41) is 0. The summed E-state index contributed by atoms with van der Waals surface area (Å²) in [5.41, 5.74) is 4.17. The Morgan fingerprint density at radius 1 is 1.17 bits per heavy atom. The van der Waals surface area contributed by atoms with Crippen molar-refractivity contribution in [1.82, 2.24) is 9.55 Å². The fourth-order valence-corrected chi connectivity index (χ4v) is 3.08. The number of rotatable bonds is 2. The van der Waals surface area contributed by atoms with Crippen molar-refractivity contribution in [3.8, 4) is 0 Å². The number of imidazole rings is 1. The van der Waals surface area contributed by atoms with E-state index in [1.54, 1.807) is 0 Å². The Labute approximate surface area is 122 Å². The number of hydrogen-bond acceptors (Lipinski definition) is 1. The highest BCUT2D eigenvalue weighted by Crippen LogP contribution is 2.23. The van der Waals surface area contributed by atoms with Gasteiger partial charge in [-0.15, -0.1) is 0 Å². The van der Waals surface area contributed by atoms with Gasteiger partial charge in [-0.05, 0) is 72.9 Å². The van der Waals surface area contributed by atoms with Crippen LogP contribution in [0.1, 0.15) is 35.6 Å². The molecule has 2 aromatic rings. The number of halogens is 1. The van der Waals surface area contributed by atoms with Crippen LogP contribution in [-0.4, -0.2) is 9.55 Å². The second-order valence-electron chi connectivity index (χ2n) is 4.97. The molecule has 1 aromatic heterocycles. The van der Waals surface area contributed by atoms with Gasteiger partial charge in [0.15, 0.2) is 0 Å². The molecule has 0 unspecified atom stereocenters. The van der Waals surface area contributed by atoms with Gasteiger partial charge in [0.25, 0.3) is 0 Å². The van der Waals surface area contributed by atoms with Crippen LogP contribution in [0.4, 0.5) is 0 Å². The topological polar surface area (TPSA) is 17.8 Å². The minimum absolute atomic E-state index is 0.963. The molecule has 0 amide bonds. The molecular weight excluding hydrogens is 335 g/mol. The summed E-state index contributed by atoms with van der Waals surface area (Å²) in [7, 11) is 0. The summed E-state index contributed by atoms with van der Waals surface area (Å²) in [4.78, 5) is 4.73. The first-order valence-corrected chi connectivity index (χ1v) is 7.61. The zero-order valence-electron chi connectivity index (χ0n) is 10.6. The molecule has 1 aromatic carbocycles. The van der Waals surface area contributed by atoms with Crippen LogP contribution in [0.2, 0.25) is 0 Å². The molecular formula is C15H17IN2. The van der Waals surface area contributed by atoms with Gasteiger partial charge >= 0.3 is 0 Å². The van der Waals surface area contributed by atoms with Crippen LogP contribution in [0.25, 0.3) is 0 Å². The van der Waals surface area contributed by atoms with Gasteiger partial charge in [-0.2, -0.15) is 0 Å². The normalized spacial score (nSPS) is 14.6. The molecule has 0 saturated heterocycles. The Morgan fingerprint density at radius 2 is 1.89 bits per heavy atom. The van der Waals surface area contributed by atoms with Crippen LogP contribution in [0, 0.1) is 10.5 Å². The van der Waals surface area contributed by atoms with Crippen molar-refractivity contribution in [2.24, 2.45) is 0 Å². The molecule has 0 atom stereocenters. The summed E-state index contributed by atoms with van der Waals surface area (Å²) >= 11 is 2.35. The van der Waals surface area contributed by atoms with Crippen LogP contribution in [0.3, 0.4) is 0 Å². The van der Waals surface area contributed by atoms with Crippen LogP contribution in [0.5, 0.6) is 0 Å². The first-order chi connectivity index (χ1) is 8.74. The van der Waals surface area contributed by atoms with Gasteiger partial charge in [0, 0.05) is 15.8 Å². The Morgan fingerprint density at radius 3 is 2.67 bits per heavy atom. The maximum atomic E-state index is 4.73. The molecule has 0 radical (unpaired) electrons. The van der Waals surface area contributed by atoms with E-state index in [4.69, 9.17) is 4.98 Å². The molecule has 1 aliphatic carbocycles. The van der Waals surface area contributed by atoms with Crippen molar-refractivity contribution in [3.05, 3.63) is 50.6 Å². The lowest BCUT2D eigenvalue weighted by atomic mass is 10.0. The Kier molecular flexibility index (Phi) is 3.41. The average Bonchev–Trinajstić information content (AvgIpc) is 2.69. The highest BCUT2D eigenvalue weighted by molar-refractivity contribution is 14.1. The van der Waals surface area contributed by atoms with E-state index in [0.29, 0.717) is 0 Å². The van der Waals surface area contributed by atoms with Crippen molar-refractivity contribution >= 4 is 22.6 Å². The van der Waals surface area contributed by atoms with Gasteiger partial charge in [-0.25, -0.2) is 4.98 Å². The molecule has 18 heavy (non-hydrogen) atoms. The van der Waals surface area contributed by atoms with Crippen molar-refractivity contribution in [2.75, 3.05) is 0 Å². The minimum Gasteiger partial charge on any atom is -0.328 e. The van der Waals surface area contributed by atoms with E-state index >= 15 is 0 Å². The fourth-order valence-electron chi connectivity index (χ4n) is 2.72. The van der Waals surface area contributed by atoms with E-state index in [0.717, 1.165) is 13.0 Å². The smallest absolute Gasteiger partial charge is 0.106 e. The largest absolute Gasteiger partial charge is 0.328 e. The number of benzene rings is 1. The first-order valence-electron chi connectivity index (χ1n) is 6.53. The van der Waals surface area contributed by atoms with Gasteiger partial charge in [0.05, 0.1) is 5.69 Å². The Bertz CT molecular complexity index is 555. The van der Waals surface area contributed by atoms with E-state index in [-0.39, 0.29) is 0 Å². The third-order valence-corrected chi connectivity index (χ3v) is 4.40. The standard InChI is InChI=1S/C15H17IN2/c1-11-17-14-4-2-3-5-15(14)18(11)10-12-6-8-13(16)9-7-12/h6-9H,2-5,10H2,1H3.